The Hall–Kier alpha value is -3.35. The summed E-state index contributed by atoms with van der Waals surface area (Å²) in [7, 11) is 5.30. The first-order valence-electron chi connectivity index (χ1n) is 9.49. The standard InChI is InChI=1S/C22H27N5O2/c1-16-13-21(27(2)12-9-17-7-10-23-11-8-17)26-22(25-16)24-15-18-5-6-19(28-3)20(14-18)29-4/h5-8,10-11,13-14H,9,12,15H2,1-4H3,(H,24,25,26). The summed E-state index contributed by atoms with van der Waals surface area (Å²) >= 11 is 0. The van der Waals surface area contributed by atoms with Crippen molar-refractivity contribution in [2.45, 2.75) is 19.9 Å². The summed E-state index contributed by atoms with van der Waals surface area (Å²) in [6.07, 6.45) is 4.57. The lowest BCUT2D eigenvalue weighted by Gasteiger charge is -2.19. The van der Waals surface area contributed by atoms with Crippen LogP contribution < -0.4 is 19.7 Å². The minimum absolute atomic E-state index is 0.587. The van der Waals surface area contributed by atoms with Gasteiger partial charge in [-0.2, -0.15) is 4.98 Å². The third-order valence-corrected chi connectivity index (χ3v) is 4.62. The maximum absolute atomic E-state index is 5.37. The smallest absolute Gasteiger partial charge is 0.225 e. The van der Waals surface area contributed by atoms with Crippen molar-refractivity contribution in [3.05, 3.63) is 65.6 Å². The molecule has 152 valence electrons. The van der Waals surface area contributed by atoms with Crippen LogP contribution in [0, 0.1) is 6.92 Å². The molecule has 3 aromatic rings. The maximum atomic E-state index is 5.37. The van der Waals surface area contributed by atoms with Crippen LogP contribution in [0.1, 0.15) is 16.8 Å². The van der Waals surface area contributed by atoms with Gasteiger partial charge in [-0.15, -0.1) is 0 Å². The molecule has 0 aliphatic rings. The molecule has 1 aromatic carbocycles. The molecule has 0 aliphatic carbocycles. The highest BCUT2D eigenvalue weighted by molar-refractivity contribution is 5.46. The molecule has 29 heavy (non-hydrogen) atoms. The molecule has 0 saturated heterocycles. The number of benzene rings is 1. The molecule has 0 spiro atoms. The number of anilines is 2. The van der Waals surface area contributed by atoms with Crippen molar-refractivity contribution in [1.29, 1.82) is 0 Å². The van der Waals surface area contributed by atoms with Crippen molar-refractivity contribution in [3.63, 3.8) is 0 Å². The van der Waals surface area contributed by atoms with Gasteiger partial charge in [0.1, 0.15) is 5.82 Å². The van der Waals surface area contributed by atoms with E-state index in [-0.39, 0.29) is 0 Å². The van der Waals surface area contributed by atoms with E-state index in [1.807, 2.05) is 62.8 Å². The van der Waals surface area contributed by atoms with Gasteiger partial charge >= 0.3 is 0 Å². The predicted molar refractivity (Wildman–Crippen MR) is 115 cm³/mol. The van der Waals surface area contributed by atoms with E-state index in [1.54, 1.807) is 14.2 Å². The number of rotatable bonds is 9. The summed E-state index contributed by atoms with van der Waals surface area (Å²) < 4.78 is 10.7. The Kier molecular flexibility index (Phi) is 6.84. The van der Waals surface area contributed by atoms with Crippen LogP contribution in [0.15, 0.2) is 48.8 Å². The normalized spacial score (nSPS) is 10.5. The monoisotopic (exact) mass is 393 g/mol. The van der Waals surface area contributed by atoms with Crippen LogP contribution in [-0.2, 0) is 13.0 Å². The molecule has 0 unspecified atom stereocenters. The van der Waals surface area contributed by atoms with Crippen molar-refractivity contribution in [2.75, 3.05) is 38.0 Å². The molecule has 0 radical (unpaired) electrons. The van der Waals surface area contributed by atoms with E-state index < -0.39 is 0 Å². The Bertz CT molecular complexity index is 934. The quantitative estimate of drug-likeness (QED) is 0.597. The Morgan fingerprint density at radius 2 is 1.69 bits per heavy atom. The van der Waals surface area contributed by atoms with Crippen molar-refractivity contribution in [1.82, 2.24) is 15.0 Å². The van der Waals surface area contributed by atoms with Gasteiger partial charge in [0.25, 0.3) is 0 Å². The van der Waals surface area contributed by atoms with Crippen LogP contribution >= 0.6 is 0 Å². The van der Waals surface area contributed by atoms with E-state index in [4.69, 9.17) is 9.47 Å². The second-order valence-corrected chi connectivity index (χ2v) is 6.76. The first-order chi connectivity index (χ1) is 14.1. The van der Waals surface area contributed by atoms with Crippen LogP contribution in [0.25, 0.3) is 0 Å². The molecule has 0 amide bonds. The zero-order valence-corrected chi connectivity index (χ0v) is 17.3. The van der Waals surface area contributed by atoms with Gasteiger partial charge in [0.05, 0.1) is 14.2 Å². The van der Waals surface area contributed by atoms with Gasteiger partial charge in [-0.1, -0.05) is 6.07 Å². The van der Waals surface area contributed by atoms with Crippen molar-refractivity contribution in [2.24, 2.45) is 0 Å². The summed E-state index contributed by atoms with van der Waals surface area (Å²) in [6.45, 7) is 3.42. The van der Waals surface area contributed by atoms with E-state index in [9.17, 15) is 0 Å². The summed E-state index contributed by atoms with van der Waals surface area (Å²) in [5.41, 5.74) is 3.23. The molecule has 7 nitrogen and oxygen atoms in total. The Morgan fingerprint density at radius 3 is 2.41 bits per heavy atom. The van der Waals surface area contributed by atoms with E-state index in [0.717, 1.165) is 30.0 Å². The molecule has 0 atom stereocenters. The number of nitrogens with one attached hydrogen (secondary N) is 1. The number of nitrogens with zero attached hydrogens (tertiary/aromatic N) is 4. The Labute approximate surface area is 171 Å². The number of aromatic nitrogens is 3. The van der Waals surface area contributed by atoms with Crippen LogP contribution in [0.2, 0.25) is 0 Å². The summed E-state index contributed by atoms with van der Waals surface area (Å²) in [4.78, 5) is 15.4. The molecule has 2 aromatic heterocycles. The van der Waals surface area contributed by atoms with Crippen molar-refractivity contribution in [3.8, 4) is 11.5 Å². The lowest BCUT2D eigenvalue weighted by atomic mass is 10.2. The highest BCUT2D eigenvalue weighted by atomic mass is 16.5. The van der Waals surface area contributed by atoms with Crippen LogP contribution in [-0.4, -0.2) is 42.8 Å². The molecule has 0 aliphatic heterocycles. The number of methoxy groups -OCH3 is 2. The molecular formula is C22H27N5O2. The fraction of sp³-hybridized carbons (Fsp3) is 0.318. The minimum Gasteiger partial charge on any atom is -0.493 e. The van der Waals surface area contributed by atoms with Gasteiger partial charge in [-0.25, -0.2) is 4.98 Å². The number of likely N-dealkylation sites (N-methyl/N-ethyl adjacent to an activating group) is 1. The molecule has 0 fully saturated rings. The number of ether oxygens (including phenoxy) is 2. The largest absolute Gasteiger partial charge is 0.493 e. The van der Waals surface area contributed by atoms with Gasteiger partial charge in [0.2, 0.25) is 5.95 Å². The van der Waals surface area contributed by atoms with Crippen molar-refractivity contribution >= 4 is 11.8 Å². The third-order valence-electron chi connectivity index (χ3n) is 4.62. The molecule has 3 rings (SSSR count). The van der Waals surface area contributed by atoms with Gasteiger partial charge < -0.3 is 19.7 Å². The van der Waals surface area contributed by atoms with E-state index >= 15 is 0 Å². The predicted octanol–water partition coefficient (Wildman–Crippen LogP) is 3.49. The van der Waals surface area contributed by atoms with Crippen LogP contribution in [0.5, 0.6) is 11.5 Å². The van der Waals surface area contributed by atoms with Gasteiger partial charge in [0, 0.05) is 44.3 Å². The zero-order chi connectivity index (χ0) is 20.6. The van der Waals surface area contributed by atoms with Gasteiger partial charge in [-0.3, -0.25) is 4.98 Å². The molecule has 2 heterocycles. The Balaban J connectivity index is 1.65. The molecule has 7 heteroatoms. The highest BCUT2D eigenvalue weighted by Crippen LogP contribution is 2.27. The number of hydrogen-bond acceptors (Lipinski definition) is 7. The average molecular weight is 393 g/mol. The second-order valence-electron chi connectivity index (χ2n) is 6.76. The lowest BCUT2D eigenvalue weighted by Crippen LogP contribution is -2.22. The van der Waals surface area contributed by atoms with E-state index in [2.05, 4.69) is 25.2 Å². The molecule has 0 saturated carbocycles. The zero-order valence-electron chi connectivity index (χ0n) is 17.3. The highest BCUT2D eigenvalue weighted by Gasteiger charge is 2.09. The Morgan fingerprint density at radius 1 is 0.931 bits per heavy atom. The third kappa shape index (κ3) is 5.57. The van der Waals surface area contributed by atoms with Crippen LogP contribution in [0.3, 0.4) is 0 Å². The first kappa shape index (κ1) is 20.4. The topological polar surface area (TPSA) is 72.4 Å². The number of aryl methyl sites for hydroxylation is 1. The summed E-state index contributed by atoms with van der Waals surface area (Å²) in [5.74, 6) is 2.90. The summed E-state index contributed by atoms with van der Waals surface area (Å²) in [5, 5.41) is 3.31. The van der Waals surface area contributed by atoms with Gasteiger partial charge in [0.15, 0.2) is 11.5 Å². The first-order valence-corrected chi connectivity index (χ1v) is 9.49. The van der Waals surface area contributed by atoms with E-state index in [0.29, 0.717) is 24.0 Å². The molecular weight excluding hydrogens is 366 g/mol. The maximum Gasteiger partial charge on any atom is 0.225 e. The van der Waals surface area contributed by atoms with Crippen LogP contribution in [0.4, 0.5) is 11.8 Å². The summed E-state index contributed by atoms with van der Waals surface area (Å²) in [6, 6.07) is 11.9. The lowest BCUT2D eigenvalue weighted by molar-refractivity contribution is 0.354. The number of hydrogen-bond donors (Lipinski definition) is 1. The molecule has 1 N–H and O–H groups in total. The fourth-order valence-corrected chi connectivity index (χ4v) is 2.96. The second kappa shape index (κ2) is 9.73. The SMILES string of the molecule is COc1ccc(CNc2nc(C)cc(N(C)CCc3ccncc3)n2)cc1OC. The molecule has 0 bridgehead atoms. The number of pyridine rings is 1. The minimum atomic E-state index is 0.587. The van der Waals surface area contributed by atoms with Gasteiger partial charge in [-0.05, 0) is 48.7 Å². The average Bonchev–Trinajstić information content (AvgIpc) is 2.76. The fourth-order valence-electron chi connectivity index (χ4n) is 2.96. The van der Waals surface area contributed by atoms with E-state index in [1.165, 1.54) is 5.56 Å². The van der Waals surface area contributed by atoms with Crippen molar-refractivity contribution < 1.29 is 9.47 Å².